The molecule has 0 heterocycles. The Kier molecular flexibility index (Phi) is 4.36. The van der Waals surface area contributed by atoms with Gasteiger partial charge in [-0.05, 0) is 80.0 Å². The first-order valence-electron chi connectivity index (χ1n) is 9.37. The van der Waals surface area contributed by atoms with Gasteiger partial charge in [0, 0.05) is 19.3 Å². The Bertz CT molecular complexity index is 600. The van der Waals surface area contributed by atoms with Crippen molar-refractivity contribution in [2.45, 2.75) is 37.7 Å². The summed E-state index contributed by atoms with van der Waals surface area (Å²) in [6.45, 7) is 0.597. The van der Waals surface area contributed by atoms with E-state index in [-0.39, 0.29) is 11.6 Å². The van der Waals surface area contributed by atoms with Crippen LogP contribution < -0.4 is 15.4 Å². The quantitative estimate of drug-likeness (QED) is 0.857. The maximum atomic E-state index is 12.4. The van der Waals surface area contributed by atoms with E-state index in [1.807, 2.05) is 31.4 Å². The van der Waals surface area contributed by atoms with Crippen LogP contribution >= 0.6 is 0 Å². The summed E-state index contributed by atoms with van der Waals surface area (Å²) in [6.07, 6.45) is 6.48. The van der Waals surface area contributed by atoms with Gasteiger partial charge in [-0.15, -0.1) is 0 Å². The molecule has 4 aliphatic rings. The lowest BCUT2D eigenvalue weighted by Gasteiger charge is -2.60. The van der Waals surface area contributed by atoms with Crippen LogP contribution in [0.3, 0.4) is 0 Å². The lowest BCUT2D eigenvalue weighted by molar-refractivity contribution is -0.186. The van der Waals surface area contributed by atoms with Crippen LogP contribution in [0.4, 0.5) is 10.5 Å². The third kappa shape index (κ3) is 2.99. The average molecular weight is 344 g/mol. The zero-order valence-electron chi connectivity index (χ0n) is 15.1. The fraction of sp³-hybridized carbons (Fsp3) is 0.650. The molecule has 1 aromatic rings. The standard InChI is InChI=1S/C20H28N2O3/c1-24-18-5-3-17(4-6-18)22-19(23)21-12-20(25-2)15-8-13-7-14(10-15)11-16(20)9-13/h3-6,13-16H,7-12H2,1-2H3,(H2,21,22,23). The first-order chi connectivity index (χ1) is 12.1. The molecule has 1 aromatic carbocycles. The van der Waals surface area contributed by atoms with Crippen molar-refractivity contribution in [3.05, 3.63) is 24.3 Å². The van der Waals surface area contributed by atoms with Crippen molar-refractivity contribution in [2.24, 2.45) is 23.7 Å². The summed E-state index contributed by atoms with van der Waals surface area (Å²) in [7, 11) is 3.45. The minimum absolute atomic E-state index is 0.171. The number of ether oxygens (including phenoxy) is 2. The predicted octanol–water partition coefficient (Wildman–Crippen LogP) is 3.66. The first kappa shape index (κ1) is 16.7. The van der Waals surface area contributed by atoms with Crippen molar-refractivity contribution >= 4 is 11.7 Å². The zero-order chi connectivity index (χ0) is 17.4. The van der Waals surface area contributed by atoms with Gasteiger partial charge in [-0.25, -0.2) is 4.79 Å². The number of urea groups is 1. The van der Waals surface area contributed by atoms with Crippen LogP contribution in [-0.4, -0.2) is 32.4 Å². The third-order valence-electron chi connectivity index (χ3n) is 6.77. The Labute approximate surface area is 149 Å². The third-order valence-corrected chi connectivity index (χ3v) is 6.77. The minimum atomic E-state index is -0.176. The molecule has 5 rings (SSSR count). The fourth-order valence-electron chi connectivity index (χ4n) is 5.74. The first-order valence-corrected chi connectivity index (χ1v) is 9.37. The fourth-order valence-corrected chi connectivity index (χ4v) is 5.74. The molecule has 0 aromatic heterocycles. The van der Waals surface area contributed by atoms with Gasteiger partial charge in [0.25, 0.3) is 0 Å². The molecule has 0 spiro atoms. The molecule has 4 saturated carbocycles. The number of carbonyl (C=O) groups excluding carboxylic acids is 1. The molecule has 0 radical (unpaired) electrons. The van der Waals surface area contributed by atoms with Gasteiger partial charge >= 0.3 is 6.03 Å². The molecule has 0 unspecified atom stereocenters. The molecule has 4 bridgehead atoms. The predicted molar refractivity (Wildman–Crippen MR) is 96.8 cm³/mol. The SMILES string of the molecule is COc1ccc(NC(=O)NCC2(OC)C3CC4CC(C3)CC2C4)cc1. The van der Waals surface area contributed by atoms with Crippen LogP contribution in [0.15, 0.2) is 24.3 Å². The average Bonchev–Trinajstić information content (AvgIpc) is 2.62. The molecule has 0 saturated heterocycles. The van der Waals surface area contributed by atoms with Gasteiger partial charge < -0.3 is 20.1 Å². The van der Waals surface area contributed by atoms with Crippen LogP contribution in [-0.2, 0) is 4.74 Å². The van der Waals surface area contributed by atoms with E-state index in [0.717, 1.165) is 23.3 Å². The Morgan fingerprint density at radius 3 is 2.16 bits per heavy atom. The Morgan fingerprint density at radius 1 is 1.04 bits per heavy atom. The van der Waals surface area contributed by atoms with Crippen LogP contribution in [0.1, 0.15) is 32.1 Å². The highest BCUT2D eigenvalue weighted by Crippen LogP contribution is 2.59. The Morgan fingerprint density at radius 2 is 1.64 bits per heavy atom. The van der Waals surface area contributed by atoms with Gasteiger partial charge in [0.2, 0.25) is 0 Å². The lowest BCUT2D eigenvalue weighted by atomic mass is 9.49. The largest absolute Gasteiger partial charge is 0.497 e. The highest BCUT2D eigenvalue weighted by Gasteiger charge is 2.57. The summed E-state index contributed by atoms with van der Waals surface area (Å²) in [4.78, 5) is 12.4. The van der Waals surface area contributed by atoms with Gasteiger partial charge in [0.05, 0.1) is 12.7 Å². The van der Waals surface area contributed by atoms with E-state index in [1.54, 1.807) is 7.11 Å². The molecule has 2 amide bonds. The van der Waals surface area contributed by atoms with Crippen molar-refractivity contribution in [1.29, 1.82) is 0 Å². The molecule has 25 heavy (non-hydrogen) atoms. The minimum Gasteiger partial charge on any atom is -0.497 e. The smallest absolute Gasteiger partial charge is 0.319 e. The van der Waals surface area contributed by atoms with Crippen molar-refractivity contribution in [1.82, 2.24) is 5.32 Å². The van der Waals surface area contributed by atoms with E-state index < -0.39 is 0 Å². The van der Waals surface area contributed by atoms with E-state index in [2.05, 4.69) is 10.6 Å². The lowest BCUT2D eigenvalue weighted by Crippen LogP contribution is -2.63. The highest BCUT2D eigenvalue weighted by atomic mass is 16.5. The second kappa shape index (κ2) is 6.52. The zero-order valence-corrected chi connectivity index (χ0v) is 15.1. The molecule has 0 aliphatic heterocycles. The number of methoxy groups -OCH3 is 2. The summed E-state index contributed by atoms with van der Waals surface area (Å²) in [5, 5.41) is 5.97. The molecular formula is C20H28N2O3. The van der Waals surface area contributed by atoms with Gasteiger partial charge in [0.15, 0.2) is 0 Å². The second-order valence-corrected chi connectivity index (χ2v) is 8.00. The number of hydrogen-bond acceptors (Lipinski definition) is 3. The van der Waals surface area contributed by atoms with Crippen LogP contribution in [0.5, 0.6) is 5.75 Å². The molecule has 4 aliphatic carbocycles. The van der Waals surface area contributed by atoms with Crippen LogP contribution in [0.2, 0.25) is 0 Å². The molecule has 5 heteroatoms. The van der Waals surface area contributed by atoms with Gasteiger partial charge in [-0.1, -0.05) is 0 Å². The second-order valence-electron chi connectivity index (χ2n) is 8.00. The summed E-state index contributed by atoms with van der Waals surface area (Å²) in [6, 6.07) is 7.19. The van der Waals surface area contributed by atoms with Crippen molar-refractivity contribution in [2.75, 3.05) is 26.1 Å². The summed E-state index contributed by atoms with van der Waals surface area (Å²) < 4.78 is 11.2. The summed E-state index contributed by atoms with van der Waals surface area (Å²) >= 11 is 0. The molecule has 5 nitrogen and oxygen atoms in total. The van der Waals surface area contributed by atoms with Gasteiger partial charge in [0.1, 0.15) is 5.75 Å². The number of benzene rings is 1. The molecule has 2 N–H and O–H groups in total. The van der Waals surface area contributed by atoms with E-state index in [4.69, 9.17) is 9.47 Å². The maximum absolute atomic E-state index is 12.4. The summed E-state index contributed by atoms with van der Waals surface area (Å²) in [5.74, 6) is 3.74. The highest BCUT2D eigenvalue weighted by molar-refractivity contribution is 5.89. The number of rotatable bonds is 5. The number of hydrogen-bond donors (Lipinski definition) is 2. The number of amides is 2. The van der Waals surface area contributed by atoms with E-state index in [9.17, 15) is 4.79 Å². The number of nitrogens with one attached hydrogen (secondary N) is 2. The van der Waals surface area contributed by atoms with E-state index in [0.29, 0.717) is 18.4 Å². The van der Waals surface area contributed by atoms with E-state index >= 15 is 0 Å². The Hall–Kier alpha value is -1.75. The monoisotopic (exact) mass is 344 g/mol. The van der Waals surface area contributed by atoms with Crippen molar-refractivity contribution in [3.63, 3.8) is 0 Å². The van der Waals surface area contributed by atoms with E-state index in [1.165, 1.54) is 32.1 Å². The van der Waals surface area contributed by atoms with Crippen molar-refractivity contribution < 1.29 is 14.3 Å². The summed E-state index contributed by atoms with van der Waals surface area (Å²) in [5.41, 5.74) is 0.583. The topological polar surface area (TPSA) is 59.6 Å². The number of anilines is 1. The molecule has 136 valence electrons. The maximum Gasteiger partial charge on any atom is 0.319 e. The van der Waals surface area contributed by atoms with Crippen molar-refractivity contribution in [3.8, 4) is 5.75 Å². The van der Waals surface area contributed by atoms with Gasteiger partial charge in [-0.2, -0.15) is 0 Å². The molecule has 0 atom stereocenters. The normalized spacial score (nSPS) is 35.4. The van der Waals surface area contributed by atoms with Crippen LogP contribution in [0, 0.1) is 23.7 Å². The van der Waals surface area contributed by atoms with Crippen LogP contribution in [0.25, 0.3) is 0 Å². The molecule has 4 fully saturated rings. The van der Waals surface area contributed by atoms with Gasteiger partial charge in [-0.3, -0.25) is 0 Å². The Balaban J connectivity index is 1.38. The number of carbonyl (C=O) groups is 1. The molecular weight excluding hydrogens is 316 g/mol.